The quantitative estimate of drug-likeness (QED) is 0.327. The molecule has 1 aliphatic heterocycles. The maximum absolute atomic E-state index is 13.8. The second kappa shape index (κ2) is 12.7. The number of nitrogens with one attached hydrogen (secondary N) is 2. The van der Waals surface area contributed by atoms with E-state index in [4.69, 9.17) is 10.7 Å². The van der Waals surface area contributed by atoms with Gasteiger partial charge in [-0.1, -0.05) is 66.7 Å². The third-order valence-corrected chi connectivity index (χ3v) is 6.54. The van der Waals surface area contributed by atoms with Gasteiger partial charge in [0, 0.05) is 31.4 Å². The van der Waals surface area contributed by atoms with Crippen LogP contribution in [0.2, 0.25) is 0 Å². The fraction of sp³-hybridized carbons (Fsp3) is 0.276. The maximum Gasteiger partial charge on any atom is 0.407 e. The molecule has 4 rings (SSSR count). The van der Waals surface area contributed by atoms with Crippen molar-refractivity contribution in [3.63, 3.8) is 0 Å². The topological polar surface area (TPSA) is 139 Å². The highest BCUT2D eigenvalue weighted by molar-refractivity contribution is 6.09. The molecule has 10 nitrogen and oxygen atoms in total. The Bertz CT molecular complexity index is 1260. The van der Waals surface area contributed by atoms with Gasteiger partial charge in [-0.05, 0) is 36.1 Å². The molecule has 3 amide bonds. The lowest BCUT2D eigenvalue weighted by Gasteiger charge is -2.27. The number of nitrogens with two attached hydrogens (primary N) is 1. The van der Waals surface area contributed by atoms with Gasteiger partial charge in [0.1, 0.15) is 6.04 Å². The van der Waals surface area contributed by atoms with E-state index in [9.17, 15) is 14.4 Å². The van der Waals surface area contributed by atoms with E-state index in [2.05, 4.69) is 20.4 Å². The Labute approximate surface area is 227 Å². The number of carbonyl (C=O) groups is 3. The number of pyridine rings is 1. The van der Waals surface area contributed by atoms with Crippen LogP contribution in [0.3, 0.4) is 0 Å². The van der Waals surface area contributed by atoms with E-state index in [1.54, 1.807) is 18.3 Å². The number of unbranched alkanes of at least 4 members (excludes halogenated alkanes) is 1. The predicted octanol–water partition coefficient (Wildman–Crippen LogP) is 2.35. The van der Waals surface area contributed by atoms with Crippen LogP contribution in [0.1, 0.15) is 29.7 Å². The normalized spacial score (nSPS) is 14.8. The minimum atomic E-state index is -1.24. The summed E-state index contributed by atoms with van der Waals surface area (Å²) in [6.45, 7) is 0.700. The van der Waals surface area contributed by atoms with Crippen molar-refractivity contribution < 1.29 is 19.1 Å². The summed E-state index contributed by atoms with van der Waals surface area (Å²) >= 11 is 0. The second-order valence-electron chi connectivity index (χ2n) is 9.08. The number of hydrogen-bond acceptors (Lipinski definition) is 7. The smallest absolute Gasteiger partial charge is 0.407 e. The van der Waals surface area contributed by atoms with Crippen LogP contribution in [0.25, 0.3) is 0 Å². The molecule has 10 heteroatoms. The van der Waals surface area contributed by atoms with Gasteiger partial charge >= 0.3 is 6.09 Å². The molecule has 0 saturated carbocycles. The number of hydrogen-bond donors (Lipinski definition) is 3. The van der Waals surface area contributed by atoms with Crippen LogP contribution in [0.5, 0.6) is 0 Å². The standard InChI is InChI=1S/C29H32N6O4/c1-39-28(38)33-24(20-23-16-8-9-17-31-23)25(36)32-18-10-11-19-35-26(37)29(34-27(35)30,21-12-4-2-5-13-21)22-14-6-3-7-15-22/h2-9,12-17,24H,10-11,18-20H2,1H3,(H2,30,34)(H,32,36)(H,33,38)/t24-/m0/s1. The summed E-state index contributed by atoms with van der Waals surface area (Å²) in [5.41, 5.74) is 7.20. The zero-order valence-corrected chi connectivity index (χ0v) is 21.7. The van der Waals surface area contributed by atoms with E-state index in [1.165, 1.54) is 12.0 Å². The number of aliphatic imine (C=N–C) groups is 1. The summed E-state index contributed by atoms with van der Waals surface area (Å²) in [5.74, 6) is -0.398. The zero-order valence-electron chi connectivity index (χ0n) is 21.7. The Morgan fingerprint density at radius 1 is 0.974 bits per heavy atom. The van der Waals surface area contributed by atoms with Gasteiger partial charge in [-0.25, -0.2) is 9.79 Å². The Morgan fingerprint density at radius 3 is 2.21 bits per heavy atom. The van der Waals surface area contributed by atoms with Crippen LogP contribution >= 0.6 is 0 Å². The minimum absolute atomic E-state index is 0.162. The van der Waals surface area contributed by atoms with Crippen molar-refractivity contribution in [2.75, 3.05) is 20.2 Å². The number of carbonyl (C=O) groups excluding carboxylic acids is 3. The van der Waals surface area contributed by atoms with E-state index < -0.39 is 17.7 Å². The van der Waals surface area contributed by atoms with Crippen molar-refractivity contribution in [1.82, 2.24) is 20.5 Å². The second-order valence-corrected chi connectivity index (χ2v) is 9.08. The van der Waals surface area contributed by atoms with E-state index in [-0.39, 0.29) is 24.2 Å². The van der Waals surface area contributed by atoms with Gasteiger partial charge in [0.05, 0.1) is 7.11 Å². The Balaban J connectivity index is 1.36. The molecule has 0 aliphatic carbocycles. The largest absolute Gasteiger partial charge is 0.453 e. The average molecular weight is 529 g/mol. The Hall–Kier alpha value is -4.73. The summed E-state index contributed by atoms with van der Waals surface area (Å²) in [5, 5.41) is 5.40. The lowest BCUT2D eigenvalue weighted by Crippen LogP contribution is -2.48. The fourth-order valence-electron chi connectivity index (χ4n) is 4.57. The van der Waals surface area contributed by atoms with Crippen molar-refractivity contribution in [3.05, 3.63) is 102 Å². The summed E-state index contributed by atoms with van der Waals surface area (Å²) < 4.78 is 4.66. The molecule has 1 atom stereocenters. The number of nitrogens with zero attached hydrogens (tertiary/aromatic N) is 3. The molecule has 0 radical (unpaired) electrons. The van der Waals surface area contributed by atoms with Gasteiger partial charge < -0.3 is 21.1 Å². The van der Waals surface area contributed by atoms with Gasteiger partial charge in [-0.2, -0.15) is 0 Å². The van der Waals surface area contributed by atoms with Crippen LogP contribution < -0.4 is 16.4 Å². The third kappa shape index (κ3) is 6.23. The molecule has 0 spiro atoms. The molecular weight excluding hydrogens is 496 g/mol. The van der Waals surface area contributed by atoms with E-state index in [0.29, 0.717) is 31.6 Å². The molecule has 0 saturated heterocycles. The molecule has 2 aromatic carbocycles. The highest BCUT2D eigenvalue weighted by atomic mass is 16.5. The van der Waals surface area contributed by atoms with E-state index >= 15 is 0 Å². The van der Waals surface area contributed by atoms with Crippen LogP contribution in [0, 0.1) is 0 Å². The van der Waals surface area contributed by atoms with Crippen molar-refractivity contribution in [3.8, 4) is 0 Å². The SMILES string of the molecule is COC(=O)N[C@@H](Cc1ccccn1)C(=O)NCCCCN1C(=O)C(c2ccccc2)(c2ccccc2)N=C1N. The first-order valence-electron chi connectivity index (χ1n) is 12.8. The summed E-state index contributed by atoms with van der Waals surface area (Å²) in [7, 11) is 1.24. The zero-order chi connectivity index (χ0) is 27.7. The Morgan fingerprint density at radius 2 is 1.62 bits per heavy atom. The molecule has 0 bridgehead atoms. The van der Waals surface area contributed by atoms with Crippen LogP contribution in [0.15, 0.2) is 90.1 Å². The molecule has 0 unspecified atom stereocenters. The number of methoxy groups -OCH3 is 1. The number of ether oxygens (including phenoxy) is 1. The van der Waals surface area contributed by atoms with Crippen molar-refractivity contribution in [2.45, 2.75) is 30.8 Å². The first kappa shape index (κ1) is 27.3. The molecule has 2 heterocycles. The Kier molecular flexibility index (Phi) is 8.88. The first-order chi connectivity index (χ1) is 19.0. The van der Waals surface area contributed by atoms with Crippen molar-refractivity contribution in [2.24, 2.45) is 10.7 Å². The van der Waals surface area contributed by atoms with Gasteiger partial charge in [0.2, 0.25) is 5.91 Å². The number of guanidine groups is 1. The van der Waals surface area contributed by atoms with Crippen LogP contribution in [-0.4, -0.2) is 60.0 Å². The number of amides is 3. The third-order valence-electron chi connectivity index (χ3n) is 6.54. The number of rotatable bonds is 11. The summed E-state index contributed by atoms with van der Waals surface area (Å²) in [4.78, 5) is 48.8. The van der Waals surface area contributed by atoms with Gasteiger partial charge in [0.15, 0.2) is 11.5 Å². The molecule has 39 heavy (non-hydrogen) atoms. The molecular formula is C29H32N6O4. The average Bonchev–Trinajstić information content (AvgIpc) is 3.23. The highest BCUT2D eigenvalue weighted by Crippen LogP contribution is 2.39. The molecule has 202 valence electrons. The first-order valence-corrected chi connectivity index (χ1v) is 12.8. The van der Waals surface area contributed by atoms with Gasteiger partial charge in [0.25, 0.3) is 5.91 Å². The molecule has 4 N–H and O–H groups in total. The molecule has 0 fully saturated rings. The summed E-state index contributed by atoms with van der Waals surface area (Å²) in [6.07, 6.45) is 2.31. The fourth-order valence-corrected chi connectivity index (χ4v) is 4.57. The number of aromatic nitrogens is 1. The van der Waals surface area contributed by atoms with E-state index in [0.717, 1.165) is 11.1 Å². The van der Waals surface area contributed by atoms with Crippen LogP contribution in [0.4, 0.5) is 4.79 Å². The predicted molar refractivity (Wildman–Crippen MR) is 147 cm³/mol. The molecule has 1 aliphatic rings. The van der Waals surface area contributed by atoms with Crippen molar-refractivity contribution >= 4 is 23.9 Å². The number of alkyl carbamates (subject to hydrolysis) is 1. The highest BCUT2D eigenvalue weighted by Gasteiger charge is 2.50. The molecule has 3 aromatic rings. The van der Waals surface area contributed by atoms with Crippen molar-refractivity contribution in [1.29, 1.82) is 0 Å². The lowest BCUT2D eigenvalue weighted by atomic mass is 9.83. The molecule has 1 aromatic heterocycles. The number of benzene rings is 2. The lowest BCUT2D eigenvalue weighted by molar-refractivity contribution is -0.130. The van der Waals surface area contributed by atoms with Gasteiger partial charge in [-0.3, -0.25) is 19.5 Å². The maximum atomic E-state index is 13.8. The summed E-state index contributed by atoms with van der Waals surface area (Å²) in [6, 6.07) is 23.3. The minimum Gasteiger partial charge on any atom is -0.453 e. The van der Waals surface area contributed by atoms with E-state index in [1.807, 2.05) is 66.7 Å². The monoisotopic (exact) mass is 528 g/mol. The van der Waals surface area contributed by atoms with Crippen LogP contribution in [-0.2, 0) is 26.3 Å². The van der Waals surface area contributed by atoms with Gasteiger partial charge in [-0.15, -0.1) is 0 Å².